The van der Waals surface area contributed by atoms with Gasteiger partial charge in [0.25, 0.3) is 0 Å². The summed E-state index contributed by atoms with van der Waals surface area (Å²) in [5, 5.41) is 0. The maximum absolute atomic E-state index is 11.9. The summed E-state index contributed by atoms with van der Waals surface area (Å²) in [6, 6.07) is 5.62. The molecule has 0 amide bonds. The van der Waals surface area contributed by atoms with Crippen molar-refractivity contribution in [3.63, 3.8) is 0 Å². The third-order valence-corrected chi connectivity index (χ3v) is 3.14. The topological polar surface area (TPSA) is 26.3 Å². The number of hydrogen-bond donors (Lipinski definition) is 0. The quantitative estimate of drug-likeness (QED) is 0.618. The third-order valence-electron chi connectivity index (χ3n) is 2.53. The smallest absolute Gasteiger partial charge is 0.195 e. The Morgan fingerprint density at radius 2 is 2.00 bits per heavy atom. The van der Waals surface area contributed by atoms with E-state index in [1.165, 1.54) is 0 Å². The molecular formula is C13H16BrClO2. The maximum Gasteiger partial charge on any atom is 0.195 e. The van der Waals surface area contributed by atoms with Crippen LogP contribution >= 0.6 is 27.5 Å². The number of ketones is 1. The Morgan fingerprint density at radius 1 is 1.41 bits per heavy atom. The molecule has 0 spiro atoms. The summed E-state index contributed by atoms with van der Waals surface area (Å²) in [4.78, 5) is 11.9. The van der Waals surface area contributed by atoms with Crippen LogP contribution in [-0.2, 0) is 5.41 Å². The number of hydrogen-bond acceptors (Lipinski definition) is 2. The summed E-state index contributed by atoms with van der Waals surface area (Å²) in [6.45, 7) is 6.28. The highest BCUT2D eigenvalue weighted by Gasteiger charge is 2.22. The molecule has 1 aromatic carbocycles. The predicted molar refractivity (Wildman–Crippen MR) is 74.6 cm³/mol. The Morgan fingerprint density at radius 3 is 2.41 bits per heavy atom. The van der Waals surface area contributed by atoms with Crippen LogP contribution in [-0.4, -0.2) is 17.2 Å². The van der Waals surface area contributed by atoms with Gasteiger partial charge in [-0.05, 0) is 23.1 Å². The van der Waals surface area contributed by atoms with Crippen molar-refractivity contribution < 1.29 is 9.53 Å². The fourth-order valence-corrected chi connectivity index (χ4v) is 1.85. The van der Waals surface area contributed by atoms with Crippen LogP contribution in [0.2, 0.25) is 0 Å². The fourth-order valence-electron chi connectivity index (χ4n) is 1.48. The van der Waals surface area contributed by atoms with Crippen molar-refractivity contribution in [1.29, 1.82) is 0 Å². The van der Waals surface area contributed by atoms with E-state index in [-0.39, 0.29) is 11.2 Å². The van der Waals surface area contributed by atoms with E-state index in [2.05, 4.69) is 36.7 Å². The van der Waals surface area contributed by atoms with E-state index in [9.17, 15) is 4.79 Å². The summed E-state index contributed by atoms with van der Waals surface area (Å²) >= 11 is 8.85. The van der Waals surface area contributed by atoms with Gasteiger partial charge >= 0.3 is 0 Å². The largest absolute Gasteiger partial charge is 0.496 e. The van der Waals surface area contributed by atoms with E-state index >= 15 is 0 Å². The van der Waals surface area contributed by atoms with E-state index in [4.69, 9.17) is 16.3 Å². The first-order chi connectivity index (χ1) is 7.77. The molecule has 0 aliphatic rings. The molecule has 0 heterocycles. The second-order valence-electron chi connectivity index (χ2n) is 4.83. The summed E-state index contributed by atoms with van der Waals surface area (Å²) in [6.07, 6.45) is 0. The normalized spacial score (nSPS) is 13.3. The molecule has 4 heteroatoms. The summed E-state index contributed by atoms with van der Waals surface area (Å²) < 4.78 is 4.45. The molecule has 0 N–H and O–H groups in total. The van der Waals surface area contributed by atoms with E-state index in [1.54, 1.807) is 13.2 Å². The molecule has 0 aromatic heterocycles. The predicted octanol–water partition coefficient (Wildman–Crippen LogP) is 4.14. The number of ether oxygens (including phenoxy) is 1. The van der Waals surface area contributed by atoms with Gasteiger partial charge in [-0.1, -0.05) is 42.8 Å². The van der Waals surface area contributed by atoms with Crippen molar-refractivity contribution in [3.05, 3.63) is 29.3 Å². The first kappa shape index (κ1) is 14.5. The number of Topliss-reactive ketones (excluding diaryl/α,β-unsaturated/α-hetero) is 1. The Hall–Kier alpha value is -0.540. The lowest BCUT2D eigenvalue weighted by Crippen LogP contribution is -2.15. The van der Waals surface area contributed by atoms with Crippen LogP contribution in [0.3, 0.4) is 0 Å². The van der Waals surface area contributed by atoms with Gasteiger partial charge in [0.15, 0.2) is 10.1 Å². The molecule has 0 saturated heterocycles. The van der Waals surface area contributed by atoms with E-state index in [0.717, 1.165) is 5.56 Å². The van der Waals surface area contributed by atoms with Crippen LogP contribution in [0.4, 0.5) is 0 Å². The Bertz CT molecular complexity index is 422. The van der Waals surface area contributed by atoms with Crippen molar-refractivity contribution >= 4 is 33.3 Å². The standard InChI is InChI=1S/C13H16BrClO2/c1-13(2,3)8-5-6-10(17-4)9(7-8)11(16)12(14)15/h5-7,12H,1-4H3. The molecule has 1 atom stereocenters. The minimum absolute atomic E-state index is 0.0184. The van der Waals surface area contributed by atoms with Gasteiger partial charge in [0.2, 0.25) is 0 Å². The number of halogens is 2. The number of benzene rings is 1. The van der Waals surface area contributed by atoms with Gasteiger partial charge in [-0.2, -0.15) is 0 Å². The number of rotatable bonds is 3. The average Bonchev–Trinajstić information content (AvgIpc) is 2.25. The van der Waals surface area contributed by atoms with Crippen LogP contribution in [0.25, 0.3) is 0 Å². The monoisotopic (exact) mass is 318 g/mol. The first-order valence-corrected chi connectivity index (χ1v) is 6.63. The van der Waals surface area contributed by atoms with Crippen molar-refractivity contribution in [1.82, 2.24) is 0 Å². The third kappa shape index (κ3) is 3.46. The number of alkyl halides is 2. The minimum atomic E-state index is -0.730. The Balaban J connectivity index is 3.30. The molecule has 2 nitrogen and oxygen atoms in total. The highest BCUT2D eigenvalue weighted by Crippen LogP contribution is 2.30. The molecule has 1 aromatic rings. The second kappa shape index (κ2) is 5.40. The zero-order valence-electron chi connectivity index (χ0n) is 10.4. The number of carbonyl (C=O) groups excluding carboxylic acids is 1. The number of carbonyl (C=O) groups is 1. The molecule has 0 aliphatic heterocycles. The van der Waals surface area contributed by atoms with Gasteiger partial charge in [0, 0.05) is 0 Å². The molecule has 94 valence electrons. The van der Waals surface area contributed by atoms with Crippen LogP contribution in [0.1, 0.15) is 36.7 Å². The van der Waals surface area contributed by atoms with Crippen LogP contribution in [0.15, 0.2) is 18.2 Å². The molecule has 1 rings (SSSR count). The second-order valence-corrected chi connectivity index (χ2v) is 6.71. The molecule has 0 saturated carbocycles. The zero-order chi connectivity index (χ0) is 13.2. The van der Waals surface area contributed by atoms with Crippen LogP contribution in [0.5, 0.6) is 5.75 Å². The van der Waals surface area contributed by atoms with E-state index in [1.807, 2.05) is 12.1 Å². The van der Waals surface area contributed by atoms with Crippen molar-refractivity contribution in [2.45, 2.75) is 30.5 Å². The molecule has 17 heavy (non-hydrogen) atoms. The zero-order valence-corrected chi connectivity index (χ0v) is 12.7. The SMILES string of the molecule is COc1ccc(C(C)(C)C)cc1C(=O)C(Cl)Br. The summed E-state index contributed by atoms with van der Waals surface area (Å²) in [5.74, 6) is 0.364. The van der Waals surface area contributed by atoms with Gasteiger partial charge in [-0.3, -0.25) is 4.79 Å². The van der Waals surface area contributed by atoms with Gasteiger partial charge in [0.1, 0.15) is 5.75 Å². The number of methoxy groups -OCH3 is 1. The van der Waals surface area contributed by atoms with Crippen molar-refractivity contribution in [2.75, 3.05) is 7.11 Å². The lowest BCUT2D eigenvalue weighted by atomic mass is 9.85. The molecule has 0 fully saturated rings. The van der Waals surface area contributed by atoms with Crippen molar-refractivity contribution in [2.24, 2.45) is 0 Å². The Kier molecular flexibility index (Phi) is 4.62. The molecule has 0 aliphatic carbocycles. The molecule has 0 bridgehead atoms. The molecular weight excluding hydrogens is 303 g/mol. The molecule has 0 radical (unpaired) electrons. The fraction of sp³-hybridized carbons (Fsp3) is 0.462. The minimum Gasteiger partial charge on any atom is -0.496 e. The van der Waals surface area contributed by atoms with Crippen LogP contribution in [0, 0.1) is 0 Å². The van der Waals surface area contributed by atoms with E-state index in [0.29, 0.717) is 11.3 Å². The maximum atomic E-state index is 11.9. The summed E-state index contributed by atoms with van der Waals surface area (Å²) in [5.41, 5.74) is 1.57. The van der Waals surface area contributed by atoms with Gasteiger partial charge in [-0.15, -0.1) is 11.6 Å². The van der Waals surface area contributed by atoms with E-state index < -0.39 is 4.29 Å². The van der Waals surface area contributed by atoms with Gasteiger partial charge < -0.3 is 4.74 Å². The lowest BCUT2D eigenvalue weighted by Gasteiger charge is -2.20. The Labute approximate surface area is 115 Å². The molecule has 1 unspecified atom stereocenters. The first-order valence-electron chi connectivity index (χ1n) is 5.28. The lowest BCUT2D eigenvalue weighted by molar-refractivity contribution is 0.101. The highest BCUT2D eigenvalue weighted by atomic mass is 79.9. The average molecular weight is 320 g/mol. The van der Waals surface area contributed by atoms with Gasteiger partial charge in [0.05, 0.1) is 12.7 Å². The van der Waals surface area contributed by atoms with Gasteiger partial charge in [-0.25, -0.2) is 0 Å². The van der Waals surface area contributed by atoms with Crippen molar-refractivity contribution in [3.8, 4) is 5.75 Å². The van der Waals surface area contributed by atoms with Crippen LogP contribution < -0.4 is 4.74 Å². The highest BCUT2D eigenvalue weighted by molar-refractivity contribution is 9.10. The summed E-state index contributed by atoms with van der Waals surface area (Å²) in [7, 11) is 1.54.